The van der Waals surface area contributed by atoms with Crippen molar-refractivity contribution in [1.82, 2.24) is 29.1 Å². The molecule has 0 aliphatic heterocycles. The van der Waals surface area contributed by atoms with Gasteiger partial charge in [-0.2, -0.15) is 0 Å². The fraction of sp³-hybridized carbons (Fsp3) is 0.0882. The normalized spacial score (nSPS) is 11.0. The Labute approximate surface area is 449 Å². The molecule has 9 heteroatoms. The van der Waals surface area contributed by atoms with Crippen LogP contribution in [0.3, 0.4) is 0 Å². The number of rotatable bonds is 8. The fourth-order valence-electron chi connectivity index (χ4n) is 9.67. The molecule has 0 unspecified atom stereocenters. The molecule has 0 saturated carbocycles. The van der Waals surface area contributed by atoms with Gasteiger partial charge in [0.05, 0.1) is 33.1 Å². The van der Waals surface area contributed by atoms with Gasteiger partial charge >= 0.3 is 0 Å². The standard InChI is InChI=1S/C56H34N6O.2C4H7N.2C2H6/c1-5-37(35-19-25-57-26-20-35)29-39(7-1)41-11-15-49-47(31-41)55-51(9-3-23-59-55)61(49)43-13-17-53-45(33-43)46-34-44(14-18-54(46)63-53)62-50-16-12-42(32-48(50)56-52(62)10-4-24-60-56)40-8-2-6-38(30-40)36-21-27-58-28-22-36;2*1-3-4-5-2;2*1-2/h1-34H;2*3-4H,1H2,2H3;2*1-2H3. The first-order chi connectivity index (χ1) is 38.0. The maximum absolute atomic E-state index is 6.51. The predicted molar refractivity (Wildman–Crippen MR) is 327 cm³/mol. The molecule has 0 N–H and O–H groups in total. The van der Waals surface area contributed by atoms with Crippen LogP contribution in [0.2, 0.25) is 0 Å². The molecule has 0 radical (unpaired) electrons. The molecular weight excluding hydrogens is 945 g/mol. The summed E-state index contributed by atoms with van der Waals surface area (Å²) in [7, 11) is 3.42. The number of hydrogen-bond acceptors (Lipinski definition) is 7. The van der Waals surface area contributed by atoms with Crippen LogP contribution in [-0.2, 0) is 0 Å². The second-order valence-electron chi connectivity index (χ2n) is 17.3. The summed E-state index contributed by atoms with van der Waals surface area (Å²) in [6.07, 6.45) is 17.7. The third-order valence-corrected chi connectivity index (χ3v) is 12.9. The van der Waals surface area contributed by atoms with E-state index in [1.807, 2.05) is 101 Å². The van der Waals surface area contributed by atoms with Gasteiger partial charge in [-0.3, -0.25) is 29.9 Å². The molecule has 378 valence electrons. The molecule has 0 fully saturated rings. The average Bonchev–Trinajstić information content (AvgIpc) is 4.38. The first kappa shape index (κ1) is 52.0. The van der Waals surface area contributed by atoms with E-state index < -0.39 is 0 Å². The van der Waals surface area contributed by atoms with Gasteiger partial charge in [-0.1, -0.05) is 102 Å². The summed E-state index contributed by atoms with van der Waals surface area (Å²) in [5.41, 5.74) is 19.1. The number of allylic oxidation sites excluding steroid dienone is 2. The van der Waals surface area contributed by atoms with Crippen molar-refractivity contribution in [1.29, 1.82) is 0 Å². The minimum absolute atomic E-state index is 0.837. The predicted octanol–water partition coefficient (Wildman–Crippen LogP) is 17.8. The SMILES string of the molecule is C=CC=NC.C=CC=NC.CC.CC.c1cc(-c2ccncc2)cc(-c2ccc3c(c2)c2ncccc2n3-c2ccc3oc4ccc(-n5c6ccc(-c7cccc(-c8ccncc8)c7)cc6c6ncccc65)cc4c3c2)c1. The number of benzene rings is 6. The highest BCUT2D eigenvalue weighted by molar-refractivity contribution is 6.12. The van der Waals surface area contributed by atoms with Gasteiger partial charge in [0.15, 0.2) is 0 Å². The number of furan rings is 1. The summed E-state index contributed by atoms with van der Waals surface area (Å²) in [4.78, 5) is 25.5. The van der Waals surface area contributed by atoms with Crippen molar-refractivity contribution in [2.45, 2.75) is 27.7 Å². The number of nitrogens with zero attached hydrogens (tertiary/aromatic N) is 8. The van der Waals surface area contributed by atoms with E-state index in [-0.39, 0.29) is 0 Å². The molecule has 0 spiro atoms. The van der Waals surface area contributed by atoms with E-state index in [2.05, 4.69) is 176 Å². The van der Waals surface area contributed by atoms with Crippen LogP contribution in [0.25, 0.3) is 122 Å². The molecular formula is C68H60N8O. The Bertz CT molecular complexity index is 3950. The van der Waals surface area contributed by atoms with Crippen LogP contribution in [0.15, 0.2) is 247 Å². The second kappa shape index (κ2) is 24.4. The fourth-order valence-corrected chi connectivity index (χ4v) is 9.67. The van der Waals surface area contributed by atoms with Crippen LogP contribution < -0.4 is 0 Å². The maximum Gasteiger partial charge on any atom is 0.135 e. The summed E-state index contributed by atoms with van der Waals surface area (Å²) in [6.45, 7) is 14.8. The minimum atomic E-state index is 0.837. The van der Waals surface area contributed by atoms with Gasteiger partial charge in [0.1, 0.15) is 11.2 Å². The van der Waals surface area contributed by atoms with Crippen molar-refractivity contribution in [2.24, 2.45) is 9.98 Å². The van der Waals surface area contributed by atoms with Gasteiger partial charge in [0.25, 0.3) is 0 Å². The lowest BCUT2D eigenvalue weighted by Gasteiger charge is -2.10. The highest BCUT2D eigenvalue weighted by Gasteiger charge is 2.19. The van der Waals surface area contributed by atoms with Gasteiger partial charge in [-0.25, -0.2) is 0 Å². The Morgan fingerprint density at radius 3 is 1.14 bits per heavy atom. The van der Waals surface area contributed by atoms with Crippen LogP contribution in [0, 0.1) is 0 Å². The zero-order chi connectivity index (χ0) is 53.7. The van der Waals surface area contributed by atoms with Gasteiger partial charge in [0, 0.05) is 96.6 Å². The molecule has 6 aromatic carbocycles. The molecule has 0 saturated heterocycles. The van der Waals surface area contributed by atoms with Gasteiger partial charge in [-0.05, 0) is 166 Å². The first-order valence-corrected chi connectivity index (χ1v) is 25.9. The zero-order valence-corrected chi connectivity index (χ0v) is 44.3. The second-order valence-corrected chi connectivity index (χ2v) is 17.3. The molecule has 7 heterocycles. The Morgan fingerprint density at radius 2 is 0.766 bits per heavy atom. The summed E-state index contributed by atoms with van der Waals surface area (Å²) in [6, 6.07) is 60.3. The summed E-state index contributed by atoms with van der Waals surface area (Å²) in [5.74, 6) is 0. The molecule has 0 amide bonds. The molecule has 77 heavy (non-hydrogen) atoms. The van der Waals surface area contributed by atoms with Crippen LogP contribution in [-0.4, -0.2) is 55.6 Å². The van der Waals surface area contributed by atoms with Crippen LogP contribution >= 0.6 is 0 Å². The largest absolute Gasteiger partial charge is 0.456 e. The Hall–Kier alpha value is -9.86. The van der Waals surface area contributed by atoms with Crippen molar-refractivity contribution >= 4 is 78.2 Å². The van der Waals surface area contributed by atoms with Gasteiger partial charge < -0.3 is 13.6 Å². The lowest BCUT2D eigenvalue weighted by molar-refractivity contribution is 0.669. The molecule has 13 aromatic rings. The quantitative estimate of drug-likeness (QED) is 0.141. The number of fused-ring (bicyclic) bond motifs is 9. The van der Waals surface area contributed by atoms with E-state index in [1.54, 1.807) is 38.7 Å². The third-order valence-electron chi connectivity index (χ3n) is 12.9. The molecule has 7 aromatic heterocycles. The van der Waals surface area contributed by atoms with E-state index in [4.69, 9.17) is 14.4 Å². The Morgan fingerprint density at radius 1 is 0.377 bits per heavy atom. The monoisotopic (exact) mass is 1000 g/mol. The number of aliphatic imine (C=N–C) groups is 2. The van der Waals surface area contributed by atoms with Crippen molar-refractivity contribution in [3.8, 4) is 55.9 Å². The van der Waals surface area contributed by atoms with E-state index in [0.29, 0.717) is 0 Å². The Balaban J connectivity index is 0.000000467. The van der Waals surface area contributed by atoms with Crippen molar-refractivity contribution < 1.29 is 4.42 Å². The topological polar surface area (TPSA) is 99.3 Å². The van der Waals surface area contributed by atoms with Crippen molar-refractivity contribution in [3.05, 3.63) is 232 Å². The molecule has 0 aliphatic carbocycles. The van der Waals surface area contributed by atoms with Crippen LogP contribution in [0.5, 0.6) is 0 Å². The number of pyridine rings is 4. The van der Waals surface area contributed by atoms with Gasteiger partial charge in [0.2, 0.25) is 0 Å². The smallest absolute Gasteiger partial charge is 0.135 e. The van der Waals surface area contributed by atoms with E-state index >= 15 is 0 Å². The summed E-state index contributed by atoms with van der Waals surface area (Å²) in [5, 5.41) is 4.29. The highest BCUT2D eigenvalue weighted by Crippen LogP contribution is 2.40. The highest BCUT2D eigenvalue weighted by atomic mass is 16.3. The lowest BCUT2D eigenvalue weighted by Crippen LogP contribution is -1.94. The van der Waals surface area contributed by atoms with Crippen LogP contribution in [0.1, 0.15) is 27.7 Å². The molecule has 0 atom stereocenters. The average molecular weight is 1010 g/mol. The van der Waals surface area contributed by atoms with Gasteiger partial charge in [-0.15, -0.1) is 0 Å². The third kappa shape index (κ3) is 10.6. The Kier molecular flexibility index (Phi) is 16.5. The van der Waals surface area contributed by atoms with Crippen molar-refractivity contribution in [2.75, 3.05) is 14.1 Å². The van der Waals surface area contributed by atoms with Crippen molar-refractivity contribution in [3.63, 3.8) is 0 Å². The summed E-state index contributed by atoms with van der Waals surface area (Å²) >= 11 is 0. The molecule has 9 nitrogen and oxygen atoms in total. The number of aromatic nitrogens is 6. The minimum Gasteiger partial charge on any atom is -0.456 e. The maximum atomic E-state index is 6.51. The summed E-state index contributed by atoms with van der Waals surface area (Å²) < 4.78 is 11.1. The number of hydrogen-bond donors (Lipinski definition) is 0. The lowest BCUT2D eigenvalue weighted by atomic mass is 9.99. The molecule has 0 bridgehead atoms. The van der Waals surface area contributed by atoms with Crippen LogP contribution in [0.4, 0.5) is 0 Å². The molecule has 0 aliphatic rings. The van der Waals surface area contributed by atoms with E-state index in [1.165, 1.54) is 0 Å². The van der Waals surface area contributed by atoms with E-state index in [9.17, 15) is 0 Å². The zero-order valence-electron chi connectivity index (χ0n) is 44.3. The molecule has 13 rings (SSSR count). The first-order valence-electron chi connectivity index (χ1n) is 25.9. The van der Waals surface area contributed by atoms with E-state index in [0.717, 1.165) is 122 Å².